The van der Waals surface area contributed by atoms with Gasteiger partial charge in [0.05, 0.1) is 0 Å². The van der Waals surface area contributed by atoms with Crippen LogP contribution in [0.25, 0.3) is 0 Å². The summed E-state index contributed by atoms with van der Waals surface area (Å²) < 4.78 is 6.42. The van der Waals surface area contributed by atoms with Gasteiger partial charge in [-0.25, -0.2) is 0 Å². The van der Waals surface area contributed by atoms with Gasteiger partial charge < -0.3 is 15.4 Å². The molecule has 2 N–H and O–H groups in total. The van der Waals surface area contributed by atoms with Crippen molar-refractivity contribution < 1.29 is 14.3 Å². The first-order chi connectivity index (χ1) is 12.6. The van der Waals surface area contributed by atoms with E-state index in [2.05, 4.69) is 26.6 Å². The number of hydrogen-bond acceptors (Lipinski definition) is 3. The Morgan fingerprint density at radius 2 is 1.77 bits per heavy atom. The second kappa shape index (κ2) is 8.85. The topological polar surface area (TPSA) is 67.4 Å². The lowest BCUT2D eigenvalue weighted by molar-refractivity contribution is -0.130. The molecule has 1 fully saturated rings. The largest absolute Gasteiger partial charge is 0.484 e. The molecule has 2 amide bonds. The maximum absolute atomic E-state index is 12.5. The predicted molar refractivity (Wildman–Crippen MR) is 103 cm³/mol. The van der Waals surface area contributed by atoms with Crippen molar-refractivity contribution in [3.63, 3.8) is 0 Å². The van der Waals surface area contributed by atoms with Crippen molar-refractivity contribution in [2.45, 2.75) is 31.3 Å². The van der Waals surface area contributed by atoms with E-state index in [9.17, 15) is 9.59 Å². The molecular weight excluding hydrogens is 396 g/mol. The predicted octanol–water partition coefficient (Wildman–Crippen LogP) is 2.83. The van der Waals surface area contributed by atoms with Crippen LogP contribution < -0.4 is 15.4 Å². The molecule has 2 aromatic rings. The molecule has 5 nitrogen and oxygen atoms in total. The molecule has 0 radical (unpaired) electrons. The van der Waals surface area contributed by atoms with Crippen LogP contribution in [-0.4, -0.2) is 30.5 Å². The molecule has 3 rings (SSSR count). The van der Waals surface area contributed by atoms with Gasteiger partial charge in [-0.2, -0.15) is 0 Å². The number of carbonyl (C=O) groups is 2. The normalized spacial score (nSPS) is 14.3. The number of halogens is 1. The van der Waals surface area contributed by atoms with E-state index < -0.39 is 6.04 Å². The number of rotatable bonds is 8. The van der Waals surface area contributed by atoms with E-state index in [1.54, 1.807) is 12.1 Å². The summed E-state index contributed by atoms with van der Waals surface area (Å²) in [5.41, 5.74) is 0.998. The molecule has 136 valence electrons. The second-order valence-corrected chi connectivity index (χ2v) is 7.25. The SMILES string of the molecule is O=C(COc1ccc(Br)cc1)NC(Cc1ccccc1)C(=O)NC1CC1. The lowest BCUT2D eigenvalue weighted by Gasteiger charge is -2.19. The first kappa shape index (κ1) is 18.5. The third-order valence-electron chi connectivity index (χ3n) is 4.04. The minimum Gasteiger partial charge on any atom is -0.484 e. The van der Waals surface area contributed by atoms with Crippen LogP contribution in [-0.2, 0) is 16.0 Å². The maximum atomic E-state index is 12.5. The second-order valence-electron chi connectivity index (χ2n) is 6.34. The highest BCUT2D eigenvalue weighted by molar-refractivity contribution is 9.10. The molecule has 1 aliphatic carbocycles. The van der Waals surface area contributed by atoms with Gasteiger partial charge in [0, 0.05) is 16.9 Å². The molecule has 0 bridgehead atoms. The highest BCUT2D eigenvalue weighted by Crippen LogP contribution is 2.19. The molecule has 26 heavy (non-hydrogen) atoms. The molecule has 1 unspecified atom stereocenters. The molecule has 2 aromatic carbocycles. The molecule has 0 heterocycles. The Hall–Kier alpha value is -2.34. The van der Waals surface area contributed by atoms with Crippen LogP contribution in [0.4, 0.5) is 0 Å². The Morgan fingerprint density at radius 1 is 1.08 bits per heavy atom. The van der Waals surface area contributed by atoms with Gasteiger partial charge in [-0.3, -0.25) is 9.59 Å². The average molecular weight is 417 g/mol. The molecular formula is C20H21BrN2O3. The lowest BCUT2D eigenvalue weighted by atomic mass is 10.1. The highest BCUT2D eigenvalue weighted by Gasteiger charge is 2.28. The van der Waals surface area contributed by atoms with Gasteiger partial charge in [0.15, 0.2) is 6.61 Å². The van der Waals surface area contributed by atoms with E-state index in [1.807, 2.05) is 42.5 Å². The monoisotopic (exact) mass is 416 g/mol. The fourth-order valence-corrected chi connectivity index (χ4v) is 2.77. The number of carbonyl (C=O) groups excluding carboxylic acids is 2. The fraction of sp³-hybridized carbons (Fsp3) is 0.300. The van der Waals surface area contributed by atoms with Crippen molar-refractivity contribution >= 4 is 27.7 Å². The van der Waals surface area contributed by atoms with Crippen molar-refractivity contribution in [3.05, 3.63) is 64.6 Å². The minimum absolute atomic E-state index is 0.135. The van der Waals surface area contributed by atoms with Crippen LogP contribution in [0.15, 0.2) is 59.1 Å². The Bertz CT molecular complexity index is 745. The number of ether oxygens (including phenoxy) is 1. The zero-order chi connectivity index (χ0) is 18.4. The maximum Gasteiger partial charge on any atom is 0.258 e. The van der Waals surface area contributed by atoms with E-state index in [1.165, 1.54) is 0 Å². The third kappa shape index (κ3) is 5.88. The van der Waals surface area contributed by atoms with Crippen molar-refractivity contribution in [1.29, 1.82) is 0 Å². The lowest BCUT2D eigenvalue weighted by Crippen LogP contribution is -2.49. The highest BCUT2D eigenvalue weighted by atomic mass is 79.9. The van der Waals surface area contributed by atoms with Gasteiger partial charge in [-0.05, 0) is 42.7 Å². The Balaban J connectivity index is 1.57. The quantitative estimate of drug-likeness (QED) is 0.694. The Morgan fingerprint density at radius 3 is 2.42 bits per heavy atom. The van der Waals surface area contributed by atoms with E-state index >= 15 is 0 Å². The molecule has 0 saturated heterocycles. The van der Waals surface area contributed by atoms with E-state index in [0.717, 1.165) is 22.9 Å². The summed E-state index contributed by atoms with van der Waals surface area (Å²) in [6.45, 7) is -0.135. The van der Waals surface area contributed by atoms with Gasteiger partial charge >= 0.3 is 0 Å². The summed E-state index contributed by atoms with van der Waals surface area (Å²) in [7, 11) is 0. The molecule has 1 saturated carbocycles. The van der Waals surface area contributed by atoms with Crippen molar-refractivity contribution in [3.8, 4) is 5.75 Å². The first-order valence-electron chi connectivity index (χ1n) is 8.62. The molecule has 0 spiro atoms. The summed E-state index contributed by atoms with van der Waals surface area (Å²) >= 11 is 3.35. The van der Waals surface area contributed by atoms with Gasteiger partial charge in [-0.1, -0.05) is 46.3 Å². The third-order valence-corrected chi connectivity index (χ3v) is 4.57. The summed E-state index contributed by atoms with van der Waals surface area (Å²) in [6, 6.07) is 16.5. The molecule has 0 aliphatic heterocycles. The van der Waals surface area contributed by atoms with E-state index in [-0.39, 0.29) is 24.5 Å². The van der Waals surface area contributed by atoms with Crippen molar-refractivity contribution in [1.82, 2.24) is 10.6 Å². The first-order valence-corrected chi connectivity index (χ1v) is 9.41. The van der Waals surface area contributed by atoms with Crippen LogP contribution in [0.3, 0.4) is 0 Å². The summed E-state index contributed by atoms with van der Waals surface area (Å²) in [6.07, 6.45) is 2.46. The van der Waals surface area contributed by atoms with Crippen LogP contribution in [0, 0.1) is 0 Å². The van der Waals surface area contributed by atoms with Gasteiger partial charge in [-0.15, -0.1) is 0 Å². The molecule has 6 heteroatoms. The van der Waals surface area contributed by atoms with Gasteiger partial charge in [0.2, 0.25) is 5.91 Å². The molecule has 1 aliphatic rings. The van der Waals surface area contributed by atoms with E-state index in [0.29, 0.717) is 12.2 Å². The van der Waals surface area contributed by atoms with E-state index in [4.69, 9.17) is 4.74 Å². The molecule has 1 atom stereocenters. The van der Waals surface area contributed by atoms with Gasteiger partial charge in [0.25, 0.3) is 5.91 Å². The standard InChI is InChI=1S/C20H21BrN2O3/c21-15-6-10-17(11-7-15)26-13-19(24)23-18(20(25)22-16-8-9-16)12-14-4-2-1-3-5-14/h1-7,10-11,16,18H,8-9,12-13H2,(H,22,25)(H,23,24). The van der Waals surface area contributed by atoms with Crippen molar-refractivity contribution in [2.75, 3.05) is 6.61 Å². The number of benzene rings is 2. The van der Waals surface area contributed by atoms with Crippen LogP contribution >= 0.6 is 15.9 Å². The fourth-order valence-electron chi connectivity index (χ4n) is 2.50. The van der Waals surface area contributed by atoms with Crippen LogP contribution in [0.5, 0.6) is 5.75 Å². The summed E-state index contributed by atoms with van der Waals surface area (Å²) in [5.74, 6) is 0.138. The number of nitrogens with one attached hydrogen (secondary N) is 2. The van der Waals surface area contributed by atoms with Gasteiger partial charge in [0.1, 0.15) is 11.8 Å². The number of amides is 2. The van der Waals surface area contributed by atoms with Crippen LogP contribution in [0.2, 0.25) is 0 Å². The van der Waals surface area contributed by atoms with Crippen molar-refractivity contribution in [2.24, 2.45) is 0 Å². The zero-order valence-electron chi connectivity index (χ0n) is 14.3. The smallest absolute Gasteiger partial charge is 0.258 e. The average Bonchev–Trinajstić information content (AvgIpc) is 3.45. The summed E-state index contributed by atoms with van der Waals surface area (Å²) in [5, 5.41) is 5.75. The Labute approximate surface area is 161 Å². The Kier molecular flexibility index (Phi) is 6.28. The van der Waals surface area contributed by atoms with Crippen LogP contribution in [0.1, 0.15) is 18.4 Å². The summed E-state index contributed by atoms with van der Waals surface area (Å²) in [4.78, 5) is 24.7. The minimum atomic E-state index is -0.612. The number of hydrogen-bond donors (Lipinski definition) is 2. The zero-order valence-corrected chi connectivity index (χ0v) is 15.9. The molecule has 0 aromatic heterocycles.